The Morgan fingerprint density at radius 1 is 1.15 bits per heavy atom. The van der Waals surface area contributed by atoms with Crippen molar-refractivity contribution in [2.75, 3.05) is 26.2 Å². The molecule has 108 valence electrons. The summed E-state index contributed by atoms with van der Waals surface area (Å²) < 4.78 is 0. The van der Waals surface area contributed by atoms with Gasteiger partial charge in [-0.25, -0.2) is 0 Å². The van der Waals surface area contributed by atoms with Crippen molar-refractivity contribution in [1.82, 2.24) is 9.80 Å². The Kier molecular flexibility index (Phi) is 4.03. The Morgan fingerprint density at radius 3 is 2.35 bits per heavy atom. The second-order valence-corrected chi connectivity index (χ2v) is 5.92. The molecule has 0 bridgehead atoms. The van der Waals surface area contributed by atoms with Crippen molar-refractivity contribution >= 4 is 5.97 Å². The fourth-order valence-electron chi connectivity index (χ4n) is 3.11. The van der Waals surface area contributed by atoms with Crippen LogP contribution in [0.25, 0.3) is 0 Å². The minimum atomic E-state index is -0.635. The number of carbonyl (C=O) groups is 1. The number of hydrogen-bond donors (Lipinski definition) is 1. The standard InChI is InChI=1S/C16H22N2O2/c19-16(20)15(14-6-7-14)18-10-8-17(9-11-18)12-13-4-2-1-3-5-13/h1-5,14-15H,6-12H2,(H,19,20). The third-order valence-corrected chi connectivity index (χ3v) is 4.37. The lowest BCUT2D eigenvalue weighted by Gasteiger charge is -2.37. The van der Waals surface area contributed by atoms with Gasteiger partial charge in [-0.05, 0) is 24.3 Å². The van der Waals surface area contributed by atoms with E-state index in [0.717, 1.165) is 45.6 Å². The van der Waals surface area contributed by atoms with Gasteiger partial charge in [-0.1, -0.05) is 30.3 Å². The summed E-state index contributed by atoms with van der Waals surface area (Å²) >= 11 is 0. The molecule has 1 aromatic rings. The molecule has 1 unspecified atom stereocenters. The predicted molar refractivity (Wildman–Crippen MR) is 77.4 cm³/mol. The summed E-state index contributed by atoms with van der Waals surface area (Å²) in [4.78, 5) is 16.0. The molecule has 1 saturated carbocycles. The fraction of sp³-hybridized carbons (Fsp3) is 0.562. The lowest BCUT2D eigenvalue weighted by Crippen LogP contribution is -2.53. The molecule has 0 amide bonds. The van der Waals surface area contributed by atoms with E-state index in [4.69, 9.17) is 0 Å². The number of benzene rings is 1. The van der Waals surface area contributed by atoms with Crippen molar-refractivity contribution in [3.8, 4) is 0 Å². The van der Waals surface area contributed by atoms with Crippen LogP contribution in [0.1, 0.15) is 18.4 Å². The van der Waals surface area contributed by atoms with Crippen LogP contribution in [0.15, 0.2) is 30.3 Å². The van der Waals surface area contributed by atoms with Gasteiger partial charge >= 0.3 is 5.97 Å². The highest BCUT2D eigenvalue weighted by Gasteiger charge is 2.40. The van der Waals surface area contributed by atoms with Crippen molar-refractivity contribution in [3.05, 3.63) is 35.9 Å². The molecule has 1 aliphatic carbocycles. The first-order valence-electron chi connectivity index (χ1n) is 7.47. The highest BCUT2D eigenvalue weighted by molar-refractivity contribution is 5.74. The Hall–Kier alpha value is -1.39. The molecular formula is C16H22N2O2. The van der Waals surface area contributed by atoms with Gasteiger partial charge in [0, 0.05) is 32.7 Å². The highest BCUT2D eigenvalue weighted by atomic mass is 16.4. The van der Waals surface area contributed by atoms with Crippen LogP contribution in [0.5, 0.6) is 0 Å². The summed E-state index contributed by atoms with van der Waals surface area (Å²) in [5.74, 6) is -0.239. The largest absolute Gasteiger partial charge is 0.480 e. The van der Waals surface area contributed by atoms with Gasteiger partial charge in [0.2, 0.25) is 0 Å². The Labute approximate surface area is 120 Å². The second-order valence-electron chi connectivity index (χ2n) is 5.92. The first-order chi connectivity index (χ1) is 9.74. The van der Waals surface area contributed by atoms with Crippen LogP contribution in [0.3, 0.4) is 0 Å². The maximum absolute atomic E-state index is 11.4. The zero-order valence-electron chi connectivity index (χ0n) is 11.7. The molecule has 3 rings (SSSR count). The summed E-state index contributed by atoms with van der Waals surface area (Å²) in [5, 5.41) is 9.38. The van der Waals surface area contributed by atoms with Crippen LogP contribution in [-0.2, 0) is 11.3 Å². The number of hydrogen-bond acceptors (Lipinski definition) is 3. The lowest BCUT2D eigenvalue weighted by atomic mass is 10.1. The summed E-state index contributed by atoms with van der Waals surface area (Å²) in [6.45, 7) is 4.65. The van der Waals surface area contributed by atoms with Gasteiger partial charge in [-0.3, -0.25) is 14.6 Å². The lowest BCUT2D eigenvalue weighted by molar-refractivity contribution is -0.145. The quantitative estimate of drug-likeness (QED) is 0.887. The van der Waals surface area contributed by atoms with E-state index in [0.29, 0.717) is 5.92 Å². The molecule has 4 nitrogen and oxygen atoms in total. The molecule has 1 aliphatic heterocycles. The van der Waals surface area contributed by atoms with Gasteiger partial charge < -0.3 is 5.11 Å². The Bertz CT molecular complexity index is 451. The summed E-state index contributed by atoms with van der Waals surface area (Å²) in [6, 6.07) is 10.2. The molecule has 1 aromatic carbocycles. The first-order valence-corrected chi connectivity index (χ1v) is 7.47. The topological polar surface area (TPSA) is 43.8 Å². The van der Waals surface area contributed by atoms with E-state index in [2.05, 4.69) is 34.1 Å². The Morgan fingerprint density at radius 2 is 1.80 bits per heavy atom. The molecule has 2 aliphatic rings. The molecule has 0 spiro atoms. The zero-order chi connectivity index (χ0) is 13.9. The minimum absolute atomic E-state index is 0.242. The van der Waals surface area contributed by atoms with E-state index in [9.17, 15) is 9.90 Å². The average Bonchev–Trinajstić information content (AvgIpc) is 3.26. The third-order valence-electron chi connectivity index (χ3n) is 4.37. The van der Waals surface area contributed by atoms with Gasteiger partial charge in [0.1, 0.15) is 6.04 Å². The maximum atomic E-state index is 11.4. The van der Waals surface area contributed by atoms with Crippen LogP contribution in [0, 0.1) is 5.92 Å². The molecular weight excluding hydrogens is 252 g/mol. The number of piperazine rings is 1. The van der Waals surface area contributed by atoms with Gasteiger partial charge in [0.15, 0.2) is 0 Å². The molecule has 1 saturated heterocycles. The van der Waals surface area contributed by atoms with Crippen molar-refractivity contribution < 1.29 is 9.90 Å². The molecule has 1 atom stereocenters. The number of carboxylic acids is 1. The predicted octanol–water partition coefficient (Wildman–Crippen LogP) is 1.67. The first kappa shape index (κ1) is 13.6. The normalized spacial score (nSPS) is 22.6. The number of nitrogens with zero attached hydrogens (tertiary/aromatic N) is 2. The average molecular weight is 274 g/mol. The third kappa shape index (κ3) is 3.19. The van der Waals surface area contributed by atoms with E-state index in [1.807, 2.05) is 6.07 Å². The van der Waals surface area contributed by atoms with E-state index in [1.165, 1.54) is 5.56 Å². The fourth-order valence-corrected chi connectivity index (χ4v) is 3.11. The number of carboxylic acid groups (broad SMARTS) is 1. The molecule has 2 fully saturated rings. The molecule has 20 heavy (non-hydrogen) atoms. The van der Waals surface area contributed by atoms with Gasteiger partial charge in [-0.2, -0.15) is 0 Å². The molecule has 1 N–H and O–H groups in total. The molecule has 0 aromatic heterocycles. The highest BCUT2D eigenvalue weighted by Crippen LogP contribution is 2.35. The summed E-state index contributed by atoms with van der Waals surface area (Å²) in [7, 11) is 0. The zero-order valence-corrected chi connectivity index (χ0v) is 11.7. The monoisotopic (exact) mass is 274 g/mol. The van der Waals surface area contributed by atoms with Crippen molar-refractivity contribution in [3.63, 3.8) is 0 Å². The van der Waals surface area contributed by atoms with Crippen LogP contribution >= 0.6 is 0 Å². The Balaban J connectivity index is 1.52. The van der Waals surface area contributed by atoms with E-state index in [-0.39, 0.29) is 6.04 Å². The van der Waals surface area contributed by atoms with Gasteiger partial charge in [0.05, 0.1) is 0 Å². The van der Waals surface area contributed by atoms with Crippen LogP contribution in [0.4, 0.5) is 0 Å². The molecule has 1 heterocycles. The number of aliphatic carboxylic acids is 1. The van der Waals surface area contributed by atoms with Gasteiger partial charge in [0.25, 0.3) is 0 Å². The smallest absolute Gasteiger partial charge is 0.321 e. The number of rotatable bonds is 5. The molecule has 4 heteroatoms. The second kappa shape index (κ2) is 5.94. The van der Waals surface area contributed by atoms with E-state index >= 15 is 0 Å². The van der Waals surface area contributed by atoms with Gasteiger partial charge in [-0.15, -0.1) is 0 Å². The van der Waals surface area contributed by atoms with Crippen LogP contribution in [-0.4, -0.2) is 53.1 Å². The minimum Gasteiger partial charge on any atom is -0.480 e. The summed E-state index contributed by atoms with van der Waals surface area (Å²) in [6.07, 6.45) is 2.17. The SMILES string of the molecule is O=C(O)C(C1CC1)N1CCN(Cc2ccccc2)CC1. The van der Waals surface area contributed by atoms with Crippen molar-refractivity contribution in [1.29, 1.82) is 0 Å². The van der Waals surface area contributed by atoms with E-state index < -0.39 is 5.97 Å². The van der Waals surface area contributed by atoms with Crippen molar-refractivity contribution in [2.45, 2.75) is 25.4 Å². The van der Waals surface area contributed by atoms with Crippen LogP contribution in [0.2, 0.25) is 0 Å². The molecule has 0 radical (unpaired) electrons. The summed E-state index contributed by atoms with van der Waals surface area (Å²) in [5.41, 5.74) is 1.33. The van der Waals surface area contributed by atoms with E-state index in [1.54, 1.807) is 0 Å². The van der Waals surface area contributed by atoms with Crippen LogP contribution < -0.4 is 0 Å². The maximum Gasteiger partial charge on any atom is 0.321 e. The van der Waals surface area contributed by atoms with Crippen molar-refractivity contribution in [2.24, 2.45) is 5.92 Å².